The van der Waals surface area contributed by atoms with Crippen LogP contribution in [0.2, 0.25) is 0 Å². The maximum atomic E-state index is 3.60. The number of hydrogen-bond donors (Lipinski definition) is 0. The third kappa shape index (κ3) is 1.73. The van der Waals surface area contributed by atoms with E-state index >= 15 is 0 Å². The molecule has 0 saturated heterocycles. The summed E-state index contributed by atoms with van der Waals surface area (Å²) in [7, 11) is 0. The van der Waals surface area contributed by atoms with Crippen molar-refractivity contribution < 1.29 is 1.43 Å². The molecule has 0 spiro atoms. The SMILES string of the molecule is [CH2]/C=C/c1ccccc1.[H+]. The zero-order valence-electron chi connectivity index (χ0n) is 6.25. The first-order valence-electron chi connectivity index (χ1n) is 2.94. The molecule has 0 saturated carbocycles. The second-order valence-electron chi connectivity index (χ2n) is 1.81. The van der Waals surface area contributed by atoms with E-state index in [1.165, 1.54) is 5.56 Å². The van der Waals surface area contributed by atoms with Crippen LogP contribution in [-0.2, 0) is 0 Å². The molecule has 0 unspecified atom stereocenters. The molecule has 1 aromatic rings. The fourth-order valence-electron chi connectivity index (χ4n) is 0.700. The Morgan fingerprint density at radius 2 is 1.89 bits per heavy atom. The van der Waals surface area contributed by atoms with Gasteiger partial charge >= 0.3 is 1.43 Å². The van der Waals surface area contributed by atoms with Gasteiger partial charge in [-0.1, -0.05) is 42.5 Å². The summed E-state index contributed by atoms with van der Waals surface area (Å²) in [5.74, 6) is 0. The monoisotopic (exact) mass is 118 g/mol. The van der Waals surface area contributed by atoms with Crippen LogP contribution in [0.3, 0.4) is 0 Å². The van der Waals surface area contributed by atoms with E-state index < -0.39 is 0 Å². The van der Waals surface area contributed by atoms with Crippen molar-refractivity contribution in [2.75, 3.05) is 0 Å². The Bertz CT molecular complexity index is 189. The largest absolute Gasteiger partial charge is 1.00 e. The van der Waals surface area contributed by atoms with Crippen LogP contribution in [0, 0.1) is 6.92 Å². The summed E-state index contributed by atoms with van der Waals surface area (Å²) in [5, 5.41) is 0. The van der Waals surface area contributed by atoms with Crippen LogP contribution in [0.15, 0.2) is 36.4 Å². The van der Waals surface area contributed by atoms with Crippen molar-refractivity contribution >= 4 is 6.08 Å². The highest BCUT2D eigenvalue weighted by Gasteiger charge is 1.77. The number of benzene rings is 1. The topological polar surface area (TPSA) is 0 Å². The van der Waals surface area contributed by atoms with Crippen molar-refractivity contribution in [1.29, 1.82) is 0 Å². The molecule has 0 amide bonds. The second-order valence-corrected chi connectivity index (χ2v) is 1.81. The summed E-state index contributed by atoms with van der Waals surface area (Å²) >= 11 is 0. The van der Waals surface area contributed by atoms with Crippen LogP contribution in [0.5, 0.6) is 0 Å². The summed E-state index contributed by atoms with van der Waals surface area (Å²) in [6.07, 6.45) is 3.76. The van der Waals surface area contributed by atoms with E-state index in [1.807, 2.05) is 36.4 Å². The quantitative estimate of drug-likeness (QED) is 0.531. The van der Waals surface area contributed by atoms with E-state index in [2.05, 4.69) is 6.92 Å². The van der Waals surface area contributed by atoms with Gasteiger partial charge in [0.05, 0.1) is 0 Å². The minimum atomic E-state index is 0. The van der Waals surface area contributed by atoms with Crippen LogP contribution in [0.25, 0.3) is 6.08 Å². The number of hydrogen-bond acceptors (Lipinski definition) is 0. The second kappa shape index (κ2) is 3.08. The molecule has 0 heteroatoms. The van der Waals surface area contributed by atoms with Crippen molar-refractivity contribution in [3.8, 4) is 0 Å². The summed E-state index contributed by atoms with van der Waals surface area (Å²) in [6, 6.07) is 10.1. The lowest BCUT2D eigenvalue weighted by atomic mass is 10.2. The summed E-state index contributed by atoms with van der Waals surface area (Å²) in [5.41, 5.74) is 1.20. The zero-order chi connectivity index (χ0) is 6.53. The molecule has 9 heavy (non-hydrogen) atoms. The van der Waals surface area contributed by atoms with E-state index in [1.54, 1.807) is 6.08 Å². The highest BCUT2D eigenvalue weighted by atomic mass is 13.8. The lowest BCUT2D eigenvalue weighted by Crippen LogP contribution is -1.65. The number of rotatable bonds is 1. The van der Waals surface area contributed by atoms with E-state index in [9.17, 15) is 0 Å². The van der Waals surface area contributed by atoms with Crippen LogP contribution >= 0.6 is 0 Å². The molecule has 0 bridgehead atoms. The summed E-state index contributed by atoms with van der Waals surface area (Å²) in [4.78, 5) is 0. The normalized spacial score (nSPS) is 10.3. The molecule has 45 valence electrons. The zero-order valence-corrected chi connectivity index (χ0v) is 5.25. The molecule has 0 nitrogen and oxygen atoms in total. The molecule has 0 atom stereocenters. The van der Waals surface area contributed by atoms with Crippen LogP contribution in [-0.4, -0.2) is 0 Å². The van der Waals surface area contributed by atoms with Gasteiger partial charge in [-0.2, -0.15) is 0 Å². The molecule has 0 fully saturated rings. The van der Waals surface area contributed by atoms with Crippen LogP contribution in [0.4, 0.5) is 0 Å². The molecule has 0 aliphatic heterocycles. The molecule has 0 heterocycles. The van der Waals surface area contributed by atoms with Gasteiger partial charge in [0.15, 0.2) is 0 Å². The first-order valence-corrected chi connectivity index (χ1v) is 2.94. The molecular weight excluding hydrogens is 108 g/mol. The van der Waals surface area contributed by atoms with Gasteiger partial charge in [-0.15, -0.1) is 0 Å². The minimum absolute atomic E-state index is 0. The predicted octanol–water partition coefficient (Wildman–Crippen LogP) is 2.65. The van der Waals surface area contributed by atoms with Gasteiger partial charge in [0.2, 0.25) is 0 Å². The smallest absolute Gasteiger partial charge is 0.0836 e. The van der Waals surface area contributed by atoms with Gasteiger partial charge in [-0.25, -0.2) is 0 Å². The summed E-state index contributed by atoms with van der Waals surface area (Å²) < 4.78 is 0. The molecule has 1 radical (unpaired) electrons. The Morgan fingerprint density at radius 1 is 1.22 bits per heavy atom. The highest BCUT2D eigenvalue weighted by Crippen LogP contribution is 1.99. The van der Waals surface area contributed by atoms with Crippen molar-refractivity contribution in [2.45, 2.75) is 0 Å². The van der Waals surface area contributed by atoms with Crippen molar-refractivity contribution in [3.63, 3.8) is 0 Å². The Balaban J connectivity index is 0.000000810. The molecule has 1 rings (SSSR count). The fraction of sp³-hybridized carbons (Fsp3) is 0. The lowest BCUT2D eigenvalue weighted by molar-refractivity contribution is 1.66. The van der Waals surface area contributed by atoms with Gasteiger partial charge in [0, 0.05) is 0 Å². The molecule has 0 N–H and O–H groups in total. The Hall–Kier alpha value is -1.04. The lowest BCUT2D eigenvalue weighted by Gasteiger charge is -1.86. The van der Waals surface area contributed by atoms with E-state index in [0.29, 0.717) is 0 Å². The molecule has 0 aliphatic carbocycles. The van der Waals surface area contributed by atoms with Gasteiger partial charge in [-0.3, -0.25) is 0 Å². The molecule has 0 aliphatic rings. The summed E-state index contributed by atoms with van der Waals surface area (Å²) in [6.45, 7) is 3.60. The average molecular weight is 118 g/mol. The van der Waals surface area contributed by atoms with Crippen molar-refractivity contribution in [3.05, 3.63) is 48.9 Å². The standard InChI is InChI=1S/C9H9/c1-2-6-9-7-4-3-5-8-9/h2-8H,1H2/p+1/b6-2+. The molecule has 1 aromatic carbocycles. The highest BCUT2D eigenvalue weighted by molar-refractivity contribution is 5.48. The van der Waals surface area contributed by atoms with Gasteiger partial charge < -0.3 is 0 Å². The van der Waals surface area contributed by atoms with Crippen molar-refractivity contribution in [2.24, 2.45) is 0 Å². The molecular formula is C9H10+. The van der Waals surface area contributed by atoms with Gasteiger partial charge in [0.1, 0.15) is 0 Å². The van der Waals surface area contributed by atoms with E-state index in [0.717, 1.165) is 0 Å². The first-order chi connectivity index (χ1) is 4.43. The number of allylic oxidation sites excluding steroid dienone is 1. The van der Waals surface area contributed by atoms with E-state index in [-0.39, 0.29) is 1.43 Å². The van der Waals surface area contributed by atoms with E-state index in [4.69, 9.17) is 0 Å². The molecule has 0 aromatic heterocycles. The minimum Gasteiger partial charge on any atom is -0.0836 e. The van der Waals surface area contributed by atoms with Crippen LogP contribution < -0.4 is 0 Å². The maximum absolute atomic E-state index is 3.60. The van der Waals surface area contributed by atoms with Gasteiger partial charge in [0.25, 0.3) is 0 Å². The van der Waals surface area contributed by atoms with Crippen LogP contribution in [0.1, 0.15) is 6.99 Å². The van der Waals surface area contributed by atoms with Crippen molar-refractivity contribution in [1.82, 2.24) is 0 Å². The average Bonchev–Trinajstić information content (AvgIpc) is 1.91. The van der Waals surface area contributed by atoms with Gasteiger partial charge in [-0.05, 0) is 12.5 Å². The Morgan fingerprint density at radius 3 is 2.44 bits per heavy atom. The Labute approximate surface area is 57.3 Å². The third-order valence-electron chi connectivity index (χ3n) is 1.11. The first kappa shape index (κ1) is 6.09. The maximum Gasteiger partial charge on any atom is 1.00 e. The predicted molar refractivity (Wildman–Crippen MR) is 41.9 cm³/mol. The Kier molecular flexibility index (Phi) is 2.08. The fourth-order valence-corrected chi connectivity index (χ4v) is 0.700. The third-order valence-corrected chi connectivity index (χ3v) is 1.11.